The molecule has 3 atom stereocenters. The molecule has 2 saturated heterocycles. The number of hydrogen-bond donors (Lipinski definition) is 1. The molecule has 0 saturated carbocycles. The number of rotatable bonds is 11. The second-order valence-electron chi connectivity index (χ2n) is 11.6. The number of hydrogen-bond acceptors (Lipinski definition) is 8. The van der Waals surface area contributed by atoms with E-state index in [9.17, 15) is 14.3 Å². The number of benzene rings is 2. The maximum atomic E-state index is 14.5. The Morgan fingerprint density at radius 2 is 2.07 bits per heavy atom. The van der Waals surface area contributed by atoms with E-state index in [0.717, 1.165) is 48.4 Å². The van der Waals surface area contributed by atoms with Gasteiger partial charge >= 0.3 is 5.97 Å². The molecule has 10 nitrogen and oxygen atoms in total. The zero-order chi connectivity index (χ0) is 30.8. The number of fused-ring (bicyclic) bond motifs is 1. The highest BCUT2D eigenvalue weighted by Gasteiger charge is 2.33. The number of nitriles is 1. The predicted molar refractivity (Wildman–Crippen MR) is 162 cm³/mol. The Morgan fingerprint density at radius 1 is 1.23 bits per heavy atom. The van der Waals surface area contributed by atoms with E-state index in [1.165, 1.54) is 6.07 Å². The number of imidazole rings is 1. The number of carboxylic acids is 1. The summed E-state index contributed by atoms with van der Waals surface area (Å²) in [5.74, 6) is -0.139. The Bertz CT molecular complexity index is 1710. The molecule has 2 aliphatic rings. The molecular weight excluding hydrogens is 563 g/mol. The number of likely N-dealkylation sites (N-methyl/N-ethyl adjacent to an activating group) is 1. The Kier molecular flexibility index (Phi) is 8.46. The Hall–Kier alpha value is -4.53. The monoisotopic (exact) mass is 598 g/mol. The van der Waals surface area contributed by atoms with E-state index >= 15 is 0 Å². The van der Waals surface area contributed by atoms with Crippen LogP contribution in [-0.2, 0) is 24.4 Å². The van der Waals surface area contributed by atoms with Gasteiger partial charge in [0.05, 0.1) is 53.1 Å². The maximum absolute atomic E-state index is 14.5. The molecule has 0 aliphatic carbocycles. The molecule has 44 heavy (non-hydrogen) atoms. The first-order valence-electron chi connectivity index (χ1n) is 14.9. The number of carbonyl (C=O) groups is 1. The number of pyridine rings is 1. The summed E-state index contributed by atoms with van der Waals surface area (Å²) in [4.78, 5) is 25.7. The van der Waals surface area contributed by atoms with Crippen molar-refractivity contribution in [2.75, 3.05) is 25.1 Å². The van der Waals surface area contributed by atoms with Gasteiger partial charge in [0.1, 0.15) is 18.2 Å². The molecule has 0 bridgehead atoms. The van der Waals surface area contributed by atoms with Crippen LogP contribution in [0.4, 0.5) is 10.1 Å². The van der Waals surface area contributed by atoms with Crippen LogP contribution in [0.25, 0.3) is 11.0 Å². The van der Waals surface area contributed by atoms with Crippen LogP contribution < -0.4 is 9.64 Å². The van der Waals surface area contributed by atoms with Crippen molar-refractivity contribution in [1.29, 1.82) is 5.26 Å². The molecule has 228 valence electrons. The zero-order valence-corrected chi connectivity index (χ0v) is 24.8. The SMILES string of the molecule is CC1CCC(CN(C)c2cccnc2OCc2ccc(C#N)cc2F)N1Cc1nc2ccc(C(=O)O)cc2n1CC1CCO1. The van der Waals surface area contributed by atoms with Crippen LogP contribution in [0.2, 0.25) is 0 Å². The summed E-state index contributed by atoms with van der Waals surface area (Å²) < 4.78 is 28.3. The summed E-state index contributed by atoms with van der Waals surface area (Å²) in [6.07, 6.45) is 4.77. The van der Waals surface area contributed by atoms with Crippen molar-refractivity contribution in [3.8, 4) is 11.9 Å². The van der Waals surface area contributed by atoms with Gasteiger partial charge in [-0.1, -0.05) is 6.07 Å². The molecule has 11 heteroatoms. The van der Waals surface area contributed by atoms with E-state index in [1.54, 1.807) is 36.5 Å². The van der Waals surface area contributed by atoms with Crippen molar-refractivity contribution in [3.05, 3.63) is 83.1 Å². The van der Waals surface area contributed by atoms with Gasteiger partial charge in [0, 0.05) is 44.0 Å². The smallest absolute Gasteiger partial charge is 0.335 e. The molecule has 2 aliphatic heterocycles. The molecule has 0 radical (unpaired) electrons. The average molecular weight is 599 g/mol. The standard InChI is InChI=1S/C33H35FN6O4/c1-21-5-9-25(17-38(2)29-4-3-12-36-32(29)44-20-24-7-6-22(16-35)14-27(24)34)39(21)19-31-37-28-10-8-23(33(41)42)15-30(28)40(31)18-26-11-13-43-26/h3-4,6-8,10,12,14-15,21,25-26H,5,9,11,13,17-20H2,1-2H3,(H,41,42). The molecule has 2 aromatic heterocycles. The lowest BCUT2D eigenvalue weighted by Gasteiger charge is -2.33. The van der Waals surface area contributed by atoms with Crippen molar-refractivity contribution in [2.24, 2.45) is 0 Å². The number of anilines is 1. The topological polar surface area (TPSA) is 117 Å². The van der Waals surface area contributed by atoms with Gasteiger partial charge in [-0.05, 0) is 68.7 Å². The minimum Gasteiger partial charge on any atom is -0.478 e. The van der Waals surface area contributed by atoms with Crippen LogP contribution in [0.5, 0.6) is 5.88 Å². The summed E-state index contributed by atoms with van der Waals surface area (Å²) in [5, 5.41) is 18.6. The van der Waals surface area contributed by atoms with Crippen LogP contribution in [0.3, 0.4) is 0 Å². The van der Waals surface area contributed by atoms with E-state index < -0.39 is 11.8 Å². The molecule has 4 heterocycles. The van der Waals surface area contributed by atoms with Crippen molar-refractivity contribution >= 4 is 22.7 Å². The third-order valence-corrected chi connectivity index (χ3v) is 8.72. The van der Waals surface area contributed by atoms with Gasteiger partial charge in [-0.15, -0.1) is 0 Å². The Morgan fingerprint density at radius 3 is 2.80 bits per heavy atom. The van der Waals surface area contributed by atoms with Crippen LogP contribution in [0.1, 0.15) is 53.5 Å². The lowest BCUT2D eigenvalue weighted by molar-refractivity contribution is -0.0592. The van der Waals surface area contributed by atoms with E-state index in [2.05, 4.69) is 26.3 Å². The first-order valence-corrected chi connectivity index (χ1v) is 14.9. The van der Waals surface area contributed by atoms with Gasteiger partial charge < -0.3 is 24.0 Å². The molecule has 1 N–H and O–H groups in total. The minimum atomic E-state index is -0.960. The van der Waals surface area contributed by atoms with Crippen LogP contribution in [0, 0.1) is 17.1 Å². The molecule has 2 aromatic carbocycles. The van der Waals surface area contributed by atoms with Crippen molar-refractivity contribution in [3.63, 3.8) is 0 Å². The summed E-state index contributed by atoms with van der Waals surface area (Å²) in [7, 11) is 2.00. The lowest BCUT2D eigenvalue weighted by atomic mass is 10.1. The fourth-order valence-electron chi connectivity index (χ4n) is 6.11. The number of aromatic nitrogens is 3. The van der Waals surface area contributed by atoms with Crippen molar-refractivity contribution in [2.45, 2.75) is 64.1 Å². The number of likely N-dealkylation sites (tertiary alicyclic amines) is 1. The molecule has 2 fully saturated rings. The number of nitrogens with zero attached hydrogens (tertiary/aromatic N) is 6. The Balaban J connectivity index is 1.20. The third kappa shape index (κ3) is 6.09. The number of aromatic carboxylic acids is 1. The maximum Gasteiger partial charge on any atom is 0.335 e. The molecule has 3 unspecified atom stereocenters. The number of carboxylic acid groups (broad SMARTS) is 1. The fraction of sp³-hybridized carbons (Fsp3) is 0.394. The van der Waals surface area contributed by atoms with Crippen molar-refractivity contribution in [1.82, 2.24) is 19.4 Å². The second kappa shape index (κ2) is 12.6. The summed E-state index contributed by atoms with van der Waals surface area (Å²) >= 11 is 0. The number of ether oxygens (including phenoxy) is 2. The lowest BCUT2D eigenvalue weighted by Crippen LogP contribution is -2.42. The minimum absolute atomic E-state index is 0.00744. The third-order valence-electron chi connectivity index (χ3n) is 8.72. The highest BCUT2D eigenvalue weighted by atomic mass is 19.1. The molecule has 4 aromatic rings. The largest absolute Gasteiger partial charge is 0.478 e. The van der Waals surface area contributed by atoms with Crippen molar-refractivity contribution < 1.29 is 23.8 Å². The highest BCUT2D eigenvalue weighted by Crippen LogP contribution is 2.32. The molecule has 6 rings (SSSR count). The predicted octanol–water partition coefficient (Wildman–Crippen LogP) is 5.00. The highest BCUT2D eigenvalue weighted by molar-refractivity contribution is 5.92. The van der Waals surface area contributed by atoms with Gasteiger partial charge in [-0.25, -0.2) is 19.2 Å². The average Bonchev–Trinajstić information content (AvgIpc) is 3.52. The molecule has 0 spiro atoms. The second-order valence-corrected chi connectivity index (χ2v) is 11.6. The van der Waals surface area contributed by atoms with Crippen LogP contribution >= 0.6 is 0 Å². The normalized spacial score (nSPS) is 19.9. The van der Waals surface area contributed by atoms with Gasteiger partial charge in [0.15, 0.2) is 0 Å². The molecule has 0 amide bonds. The first kappa shape index (κ1) is 29.5. The zero-order valence-electron chi connectivity index (χ0n) is 24.8. The molecular formula is C33H35FN6O4. The van der Waals surface area contributed by atoms with Gasteiger partial charge in [-0.2, -0.15) is 5.26 Å². The van der Waals surface area contributed by atoms with Gasteiger partial charge in [0.25, 0.3) is 0 Å². The van der Waals surface area contributed by atoms with E-state index in [-0.39, 0.29) is 29.9 Å². The summed E-state index contributed by atoms with van der Waals surface area (Å²) in [6, 6.07) is 15.7. The first-order chi connectivity index (χ1) is 21.3. The van der Waals surface area contributed by atoms with E-state index in [4.69, 9.17) is 19.7 Å². The van der Waals surface area contributed by atoms with Crippen LogP contribution in [-0.4, -0.2) is 68.9 Å². The Labute approximate surface area is 255 Å². The summed E-state index contributed by atoms with van der Waals surface area (Å²) in [6.45, 7) is 4.94. The van der Waals surface area contributed by atoms with Gasteiger partial charge in [0.2, 0.25) is 5.88 Å². The van der Waals surface area contributed by atoms with Crippen LogP contribution in [0.15, 0.2) is 54.7 Å². The fourth-order valence-corrected chi connectivity index (χ4v) is 6.11. The summed E-state index contributed by atoms with van der Waals surface area (Å²) in [5.41, 5.74) is 3.25. The number of halogens is 1. The van der Waals surface area contributed by atoms with E-state index in [0.29, 0.717) is 37.1 Å². The van der Waals surface area contributed by atoms with Gasteiger partial charge in [-0.3, -0.25) is 4.90 Å². The quantitative estimate of drug-likeness (QED) is 0.255. The van der Waals surface area contributed by atoms with E-state index in [1.807, 2.05) is 25.2 Å².